The van der Waals surface area contributed by atoms with Crippen LogP contribution < -0.4 is 10.2 Å². The van der Waals surface area contributed by atoms with Crippen LogP contribution in [0.2, 0.25) is 5.28 Å². The van der Waals surface area contributed by atoms with Crippen LogP contribution in [-0.2, 0) is 6.42 Å². The number of hydrogen-bond donors (Lipinski definition) is 1. The molecule has 0 aliphatic carbocycles. The molecule has 2 rings (SSSR count). The largest absolute Gasteiger partial charge is 0.354 e. The van der Waals surface area contributed by atoms with Crippen LogP contribution in [0.1, 0.15) is 5.56 Å². The molecule has 20 heavy (non-hydrogen) atoms. The van der Waals surface area contributed by atoms with E-state index in [-0.39, 0.29) is 11.1 Å². The molecule has 2 aromatic rings. The first-order chi connectivity index (χ1) is 9.56. The second kappa shape index (κ2) is 6.47. The third kappa shape index (κ3) is 3.77. The normalized spacial score (nSPS) is 10.4. The van der Waals surface area contributed by atoms with Crippen molar-refractivity contribution >= 4 is 23.5 Å². The van der Waals surface area contributed by atoms with Crippen LogP contribution in [0.25, 0.3) is 0 Å². The topological polar surface area (TPSA) is 53.9 Å². The maximum atomic E-state index is 13.5. The number of aromatic nitrogens is 3. The van der Waals surface area contributed by atoms with Gasteiger partial charge in [-0.25, -0.2) is 4.39 Å². The van der Waals surface area contributed by atoms with Crippen LogP contribution in [-0.4, -0.2) is 35.6 Å². The van der Waals surface area contributed by atoms with Crippen molar-refractivity contribution in [1.82, 2.24) is 15.0 Å². The Hall–Kier alpha value is -1.95. The molecular weight excluding hydrogens is 281 g/mol. The highest BCUT2D eigenvalue weighted by Gasteiger charge is 2.06. The number of rotatable bonds is 5. The van der Waals surface area contributed by atoms with Gasteiger partial charge in [-0.2, -0.15) is 15.0 Å². The molecule has 0 aliphatic heterocycles. The fourth-order valence-electron chi connectivity index (χ4n) is 1.63. The molecule has 0 unspecified atom stereocenters. The lowest BCUT2D eigenvalue weighted by molar-refractivity contribution is 0.610. The molecule has 0 aliphatic rings. The molecule has 0 saturated heterocycles. The van der Waals surface area contributed by atoms with E-state index in [4.69, 9.17) is 11.6 Å². The molecule has 5 nitrogen and oxygen atoms in total. The lowest BCUT2D eigenvalue weighted by Gasteiger charge is -2.11. The van der Waals surface area contributed by atoms with Crippen LogP contribution in [0.3, 0.4) is 0 Å². The van der Waals surface area contributed by atoms with E-state index in [1.165, 1.54) is 6.07 Å². The van der Waals surface area contributed by atoms with Crippen molar-refractivity contribution in [2.45, 2.75) is 6.42 Å². The first-order valence-corrected chi connectivity index (χ1v) is 6.50. The van der Waals surface area contributed by atoms with Crippen LogP contribution in [0.4, 0.5) is 16.3 Å². The number of anilines is 2. The summed E-state index contributed by atoms with van der Waals surface area (Å²) < 4.78 is 13.5. The monoisotopic (exact) mass is 295 g/mol. The van der Waals surface area contributed by atoms with E-state index in [1.54, 1.807) is 17.0 Å². The summed E-state index contributed by atoms with van der Waals surface area (Å²) in [6.45, 7) is 0.508. The Balaban J connectivity index is 1.99. The number of benzene rings is 1. The molecule has 1 heterocycles. The van der Waals surface area contributed by atoms with Crippen LogP contribution in [0.5, 0.6) is 0 Å². The van der Waals surface area contributed by atoms with Gasteiger partial charge in [-0.1, -0.05) is 18.2 Å². The highest BCUT2D eigenvalue weighted by Crippen LogP contribution is 2.12. The Labute approximate surface area is 121 Å². The standard InChI is InChI=1S/C13H15ClFN5/c1-20(2)13-18-11(14)17-12(19-13)16-8-7-9-5-3-4-6-10(9)15/h3-6H,7-8H2,1-2H3,(H,16,17,18,19). The van der Waals surface area contributed by atoms with Gasteiger partial charge >= 0.3 is 0 Å². The van der Waals surface area contributed by atoms with E-state index in [1.807, 2.05) is 20.2 Å². The second-order valence-corrected chi connectivity index (χ2v) is 4.73. The Kier molecular flexibility index (Phi) is 4.68. The Morgan fingerprint density at radius 3 is 2.65 bits per heavy atom. The van der Waals surface area contributed by atoms with Gasteiger partial charge in [-0.3, -0.25) is 0 Å². The summed E-state index contributed by atoms with van der Waals surface area (Å²) in [5, 5.41) is 3.14. The van der Waals surface area contributed by atoms with Gasteiger partial charge in [-0.15, -0.1) is 0 Å². The minimum absolute atomic E-state index is 0.122. The maximum Gasteiger partial charge on any atom is 0.230 e. The van der Waals surface area contributed by atoms with Crippen LogP contribution in [0.15, 0.2) is 24.3 Å². The first kappa shape index (κ1) is 14.5. The SMILES string of the molecule is CN(C)c1nc(Cl)nc(NCCc2ccccc2F)n1. The molecule has 0 fully saturated rings. The summed E-state index contributed by atoms with van der Waals surface area (Å²) in [5.41, 5.74) is 0.646. The molecule has 1 aromatic heterocycles. The van der Waals surface area contributed by atoms with E-state index in [0.717, 1.165) is 0 Å². The van der Waals surface area contributed by atoms with Gasteiger partial charge in [0.15, 0.2) is 0 Å². The second-order valence-electron chi connectivity index (χ2n) is 4.39. The Morgan fingerprint density at radius 2 is 1.95 bits per heavy atom. The predicted octanol–water partition coefficient (Wildman–Crippen LogP) is 2.38. The summed E-state index contributed by atoms with van der Waals surface area (Å²) in [4.78, 5) is 13.9. The summed E-state index contributed by atoms with van der Waals surface area (Å²) >= 11 is 5.83. The van der Waals surface area contributed by atoms with Gasteiger partial charge in [0.2, 0.25) is 17.2 Å². The van der Waals surface area contributed by atoms with Gasteiger partial charge in [0.1, 0.15) is 5.82 Å². The molecule has 0 bridgehead atoms. The molecule has 7 heteroatoms. The zero-order chi connectivity index (χ0) is 14.5. The lowest BCUT2D eigenvalue weighted by atomic mass is 10.1. The summed E-state index contributed by atoms with van der Waals surface area (Å²) in [6.07, 6.45) is 0.535. The van der Waals surface area contributed by atoms with Crippen molar-refractivity contribution in [1.29, 1.82) is 0 Å². The van der Waals surface area contributed by atoms with Crippen molar-refractivity contribution in [3.05, 3.63) is 40.9 Å². The Morgan fingerprint density at radius 1 is 1.20 bits per heavy atom. The van der Waals surface area contributed by atoms with Gasteiger partial charge in [-0.05, 0) is 29.7 Å². The quantitative estimate of drug-likeness (QED) is 0.918. The smallest absolute Gasteiger partial charge is 0.230 e. The third-order valence-electron chi connectivity index (χ3n) is 2.63. The molecule has 0 saturated carbocycles. The van der Waals surface area contributed by atoms with Gasteiger partial charge in [0, 0.05) is 20.6 Å². The number of nitrogens with one attached hydrogen (secondary N) is 1. The van der Waals surface area contributed by atoms with Gasteiger partial charge in [0.05, 0.1) is 0 Å². The highest BCUT2D eigenvalue weighted by molar-refractivity contribution is 6.28. The average Bonchev–Trinajstić information content (AvgIpc) is 2.40. The van der Waals surface area contributed by atoms with Gasteiger partial charge in [0.25, 0.3) is 0 Å². The molecule has 106 valence electrons. The maximum absolute atomic E-state index is 13.5. The minimum Gasteiger partial charge on any atom is -0.354 e. The highest BCUT2D eigenvalue weighted by atomic mass is 35.5. The van der Waals surface area contributed by atoms with Crippen molar-refractivity contribution < 1.29 is 4.39 Å². The van der Waals surface area contributed by atoms with Gasteiger partial charge < -0.3 is 10.2 Å². The van der Waals surface area contributed by atoms with Crippen LogP contribution in [0, 0.1) is 5.82 Å². The van der Waals surface area contributed by atoms with E-state index in [9.17, 15) is 4.39 Å². The Bertz CT molecular complexity index is 591. The number of nitrogens with zero attached hydrogens (tertiary/aromatic N) is 4. The van der Waals surface area contributed by atoms with E-state index < -0.39 is 0 Å². The van der Waals surface area contributed by atoms with Crippen molar-refractivity contribution in [2.75, 3.05) is 30.9 Å². The molecule has 0 spiro atoms. The van der Waals surface area contributed by atoms with Crippen molar-refractivity contribution in [3.8, 4) is 0 Å². The first-order valence-electron chi connectivity index (χ1n) is 6.12. The lowest BCUT2D eigenvalue weighted by Crippen LogP contribution is -2.16. The summed E-state index contributed by atoms with van der Waals surface area (Å²) in [5.74, 6) is 0.639. The zero-order valence-corrected chi connectivity index (χ0v) is 12.0. The van der Waals surface area contributed by atoms with Crippen molar-refractivity contribution in [2.24, 2.45) is 0 Å². The van der Waals surface area contributed by atoms with Crippen molar-refractivity contribution in [3.63, 3.8) is 0 Å². The number of halogens is 2. The zero-order valence-electron chi connectivity index (χ0n) is 11.3. The fourth-order valence-corrected chi connectivity index (χ4v) is 1.78. The summed E-state index contributed by atoms with van der Waals surface area (Å²) in [6, 6.07) is 6.67. The molecule has 0 radical (unpaired) electrons. The molecule has 1 aromatic carbocycles. The molecule has 0 amide bonds. The molecule has 0 atom stereocenters. The average molecular weight is 296 g/mol. The number of hydrogen-bond acceptors (Lipinski definition) is 5. The van der Waals surface area contributed by atoms with E-state index in [0.29, 0.717) is 30.4 Å². The molecular formula is C13H15ClFN5. The third-order valence-corrected chi connectivity index (χ3v) is 2.80. The minimum atomic E-state index is -0.211. The van der Waals surface area contributed by atoms with Crippen LogP contribution >= 0.6 is 11.6 Å². The van der Waals surface area contributed by atoms with E-state index in [2.05, 4.69) is 20.3 Å². The predicted molar refractivity (Wildman–Crippen MR) is 77.8 cm³/mol. The van der Waals surface area contributed by atoms with E-state index >= 15 is 0 Å². The summed E-state index contributed by atoms with van der Waals surface area (Å²) in [7, 11) is 3.63. The fraction of sp³-hybridized carbons (Fsp3) is 0.308. The molecule has 1 N–H and O–H groups in total.